The van der Waals surface area contributed by atoms with Gasteiger partial charge in [-0.1, -0.05) is 13.3 Å². The molecule has 0 aromatic carbocycles. The topological polar surface area (TPSA) is 44.3 Å². The van der Waals surface area contributed by atoms with Gasteiger partial charge in [-0.3, -0.25) is 0 Å². The second kappa shape index (κ2) is 7.36. The maximum Gasteiger partial charge on any atom is 0.135 e. The molecule has 5 heteroatoms. The van der Waals surface area contributed by atoms with Crippen LogP contribution in [-0.2, 0) is 6.42 Å². The van der Waals surface area contributed by atoms with Crippen LogP contribution in [0.4, 0.5) is 5.82 Å². The normalized spacial score (nSPS) is 30.7. The molecule has 1 atom stereocenters. The molecule has 2 bridgehead atoms. The lowest BCUT2D eigenvalue weighted by Gasteiger charge is -2.47. The molecular formula is C19H31N5. The highest BCUT2D eigenvalue weighted by atomic mass is 15.2. The Morgan fingerprint density at radius 2 is 1.92 bits per heavy atom. The van der Waals surface area contributed by atoms with Gasteiger partial charge in [-0.2, -0.15) is 0 Å². The van der Waals surface area contributed by atoms with Crippen LogP contribution in [0, 0.1) is 5.92 Å². The largest absolute Gasteiger partial charge is 0.356 e. The zero-order valence-electron chi connectivity index (χ0n) is 15.0. The third-order valence-corrected chi connectivity index (χ3v) is 6.18. The van der Waals surface area contributed by atoms with Crippen molar-refractivity contribution in [1.29, 1.82) is 0 Å². The molecule has 5 heterocycles. The molecule has 4 aliphatic rings. The fourth-order valence-corrected chi connectivity index (χ4v) is 4.80. The molecule has 1 N–H and O–H groups in total. The summed E-state index contributed by atoms with van der Waals surface area (Å²) in [6, 6.07) is 1.42. The molecule has 1 aromatic heterocycles. The van der Waals surface area contributed by atoms with Gasteiger partial charge in [-0.15, -0.1) is 0 Å². The van der Waals surface area contributed by atoms with Gasteiger partial charge >= 0.3 is 0 Å². The van der Waals surface area contributed by atoms with Crippen molar-refractivity contribution in [3.63, 3.8) is 0 Å². The molecular weight excluding hydrogens is 298 g/mol. The average Bonchev–Trinajstić information content (AvgIpc) is 2.64. The van der Waals surface area contributed by atoms with Crippen LogP contribution in [0.5, 0.6) is 0 Å². The molecule has 24 heavy (non-hydrogen) atoms. The monoisotopic (exact) mass is 329 g/mol. The minimum absolute atomic E-state index is 0.684. The van der Waals surface area contributed by atoms with Gasteiger partial charge in [0, 0.05) is 43.5 Å². The molecule has 5 rings (SSSR count). The molecule has 1 aromatic rings. The van der Waals surface area contributed by atoms with E-state index >= 15 is 0 Å². The van der Waals surface area contributed by atoms with Crippen molar-refractivity contribution in [2.45, 2.75) is 57.5 Å². The van der Waals surface area contributed by atoms with E-state index < -0.39 is 0 Å². The van der Waals surface area contributed by atoms with Gasteiger partial charge in [0.2, 0.25) is 0 Å². The highest BCUT2D eigenvalue weighted by Crippen LogP contribution is 2.29. The lowest BCUT2D eigenvalue weighted by Crippen LogP contribution is -2.59. The Morgan fingerprint density at radius 3 is 2.58 bits per heavy atom. The average molecular weight is 329 g/mol. The van der Waals surface area contributed by atoms with E-state index in [2.05, 4.69) is 32.0 Å². The maximum atomic E-state index is 4.58. The van der Waals surface area contributed by atoms with Crippen molar-refractivity contribution in [2.24, 2.45) is 5.92 Å². The summed E-state index contributed by atoms with van der Waals surface area (Å²) >= 11 is 0. The minimum atomic E-state index is 0.684. The molecule has 4 aliphatic heterocycles. The summed E-state index contributed by atoms with van der Waals surface area (Å²) in [4.78, 5) is 13.9. The summed E-state index contributed by atoms with van der Waals surface area (Å²) < 4.78 is 0. The lowest BCUT2D eigenvalue weighted by molar-refractivity contribution is 0.0652. The summed E-state index contributed by atoms with van der Waals surface area (Å²) in [7, 11) is 0. The second-order valence-corrected chi connectivity index (χ2v) is 7.79. The number of nitrogens with one attached hydrogen (secondary N) is 1. The van der Waals surface area contributed by atoms with Crippen molar-refractivity contribution < 1.29 is 0 Å². The van der Waals surface area contributed by atoms with E-state index in [0.717, 1.165) is 37.9 Å². The molecule has 5 nitrogen and oxygen atoms in total. The van der Waals surface area contributed by atoms with Crippen LogP contribution >= 0.6 is 0 Å². The van der Waals surface area contributed by atoms with Crippen molar-refractivity contribution in [3.8, 4) is 0 Å². The third kappa shape index (κ3) is 3.42. The number of hydrogen-bond acceptors (Lipinski definition) is 5. The van der Waals surface area contributed by atoms with Crippen LogP contribution in [0.15, 0.2) is 12.5 Å². The summed E-state index contributed by atoms with van der Waals surface area (Å²) in [5.41, 5.74) is 1.31. The number of fused-ring (bicyclic) bond motifs is 3. The first-order valence-electron chi connectivity index (χ1n) is 9.85. The number of aromatic nitrogens is 2. The van der Waals surface area contributed by atoms with E-state index in [1.54, 1.807) is 6.33 Å². The molecule has 0 aliphatic carbocycles. The maximum absolute atomic E-state index is 4.58. The smallest absolute Gasteiger partial charge is 0.135 e. The Labute approximate surface area is 145 Å². The Morgan fingerprint density at radius 1 is 1.12 bits per heavy atom. The highest BCUT2D eigenvalue weighted by Gasteiger charge is 2.35. The van der Waals surface area contributed by atoms with Crippen molar-refractivity contribution in [1.82, 2.24) is 20.2 Å². The molecule has 4 saturated heterocycles. The van der Waals surface area contributed by atoms with Crippen molar-refractivity contribution >= 4 is 5.82 Å². The third-order valence-electron chi connectivity index (χ3n) is 6.18. The Balaban J connectivity index is 1.32. The number of piperidine rings is 4. The van der Waals surface area contributed by atoms with E-state index in [0.29, 0.717) is 6.04 Å². The Hall–Kier alpha value is -1.20. The lowest BCUT2D eigenvalue weighted by atomic mass is 9.83. The van der Waals surface area contributed by atoms with Crippen molar-refractivity contribution in [2.75, 3.05) is 37.6 Å². The van der Waals surface area contributed by atoms with Gasteiger partial charge in [0.05, 0.1) is 0 Å². The number of hydrogen-bond donors (Lipinski definition) is 1. The molecule has 4 fully saturated rings. The van der Waals surface area contributed by atoms with Crippen LogP contribution in [0.3, 0.4) is 0 Å². The quantitative estimate of drug-likeness (QED) is 0.896. The number of anilines is 1. The van der Waals surface area contributed by atoms with Gasteiger partial charge in [0.15, 0.2) is 0 Å². The van der Waals surface area contributed by atoms with Gasteiger partial charge in [0.1, 0.15) is 12.1 Å². The fraction of sp³-hybridized carbons (Fsp3) is 0.789. The van der Waals surface area contributed by atoms with Gasteiger partial charge in [0.25, 0.3) is 0 Å². The van der Waals surface area contributed by atoms with Crippen LogP contribution in [0.1, 0.15) is 44.6 Å². The van der Waals surface area contributed by atoms with Gasteiger partial charge < -0.3 is 15.1 Å². The standard InChI is InChI=1S/C19H31N5/c1-2-3-16-12-20-14-21-19(16)24-10-6-17(7-11-24)22-18-13-23-8-4-15(18)5-9-23/h12,14-15,17-18,22H,2-11,13H2,1H3/t18-/m0/s1. The molecule has 0 spiro atoms. The molecule has 0 amide bonds. The number of aryl methyl sites for hydroxylation is 1. The van der Waals surface area contributed by atoms with E-state index in [9.17, 15) is 0 Å². The van der Waals surface area contributed by atoms with Gasteiger partial charge in [-0.25, -0.2) is 9.97 Å². The zero-order chi connectivity index (χ0) is 16.4. The summed E-state index contributed by atoms with van der Waals surface area (Å²) in [5.74, 6) is 2.10. The molecule has 0 saturated carbocycles. The SMILES string of the molecule is CCCc1cncnc1N1CCC(N[C@H]2CN3CCC2CC3)CC1. The number of nitrogens with zero attached hydrogens (tertiary/aromatic N) is 4. The Kier molecular flexibility index (Phi) is 4.99. The minimum Gasteiger partial charge on any atom is -0.356 e. The van der Waals surface area contributed by atoms with E-state index in [4.69, 9.17) is 0 Å². The first-order valence-corrected chi connectivity index (χ1v) is 9.85. The predicted molar refractivity (Wildman–Crippen MR) is 97.3 cm³/mol. The Bertz CT molecular complexity index is 532. The van der Waals surface area contributed by atoms with Crippen LogP contribution in [0.25, 0.3) is 0 Å². The van der Waals surface area contributed by atoms with Crippen LogP contribution in [0.2, 0.25) is 0 Å². The second-order valence-electron chi connectivity index (χ2n) is 7.79. The summed E-state index contributed by atoms with van der Waals surface area (Å²) in [6.07, 6.45) is 11.2. The first-order chi connectivity index (χ1) is 11.8. The molecule has 0 radical (unpaired) electrons. The van der Waals surface area contributed by atoms with Crippen LogP contribution < -0.4 is 10.2 Å². The van der Waals surface area contributed by atoms with Crippen LogP contribution in [-0.4, -0.2) is 59.7 Å². The summed E-state index contributed by atoms with van der Waals surface area (Å²) in [6.45, 7) is 8.39. The first kappa shape index (κ1) is 16.3. The van der Waals surface area contributed by atoms with Crippen molar-refractivity contribution in [3.05, 3.63) is 18.1 Å². The van der Waals surface area contributed by atoms with E-state index in [-0.39, 0.29) is 0 Å². The highest BCUT2D eigenvalue weighted by molar-refractivity contribution is 5.45. The summed E-state index contributed by atoms with van der Waals surface area (Å²) in [5, 5.41) is 4.00. The molecule has 132 valence electrons. The van der Waals surface area contributed by atoms with E-state index in [1.807, 2.05) is 6.20 Å². The predicted octanol–water partition coefficient (Wildman–Crippen LogP) is 2.08. The van der Waals surface area contributed by atoms with Gasteiger partial charge in [-0.05, 0) is 51.1 Å². The van der Waals surface area contributed by atoms with E-state index in [1.165, 1.54) is 56.7 Å². The molecule has 0 unspecified atom stereocenters. The fourth-order valence-electron chi connectivity index (χ4n) is 4.80. The number of rotatable bonds is 5. The zero-order valence-corrected chi connectivity index (χ0v) is 15.0.